The molecule has 2 aromatic rings. The van der Waals surface area contributed by atoms with Gasteiger partial charge in [-0.25, -0.2) is 0 Å². The second kappa shape index (κ2) is 5.51. The average Bonchev–Trinajstić information content (AvgIpc) is 2.31. The highest BCUT2D eigenvalue weighted by Gasteiger charge is 2.14. The molecule has 1 aromatic carbocycles. The van der Waals surface area contributed by atoms with E-state index in [4.69, 9.17) is 27.5 Å². The van der Waals surface area contributed by atoms with Crippen molar-refractivity contribution in [3.63, 3.8) is 0 Å². The summed E-state index contributed by atoms with van der Waals surface area (Å²) < 4.78 is 5.90. The summed E-state index contributed by atoms with van der Waals surface area (Å²) in [6.45, 7) is 5.60. The zero-order valence-corrected chi connectivity index (χ0v) is 12.4. The van der Waals surface area contributed by atoms with Crippen LogP contribution in [-0.4, -0.2) is 10.8 Å². The number of nitrogens with zero attached hydrogens (tertiary/aromatic N) is 1. The zero-order valence-electron chi connectivity index (χ0n) is 11.6. The van der Waals surface area contributed by atoms with Crippen molar-refractivity contribution in [2.24, 2.45) is 5.73 Å². The summed E-state index contributed by atoms with van der Waals surface area (Å²) in [4.78, 5) is 4.31. The number of hydrogen-bond acceptors (Lipinski definition) is 3. The Morgan fingerprint density at radius 2 is 1.90 bits per heavy atom. The number of aromatic nitrogens is 1. The summed E-state index contributed by atoms with van der Waals surface area (Å²) in [6, 6.07) is 7.16. The summed E-state index contributed by atoms with van der Waals surface area (Å²) in [5.41, 5.74) is 8.55. The van der Waals surface area contributed by atoms with Crippen LogP contribution in [0.5, 0.6) is 11.5 Å². The van der Waals surface area contributed by atoms with Crippen molar-refractivity contribution >= 4 is 17.4 Å². The maximum Gasteiger partial charge on any atom is 0.141 e. The number of halogens is 1. The third-order valence-electron chi connectivity index (χ3n) is 2.92. The van der Waals surface area contributed by atoms with E-state index in [1.807, 2.05) is 26.8 Å². The highest BCUT2D eigenvalue weighted by Crippen LogP contribution is 2.30. The lowest BCUT2D eigenvalue weighted by atomic mass is 10.1. The minimum absolute atomic E-state index is 0.0587. The second-order valence-electron chi connectivity index (χ2n) is 4.65. The topological polar surface area (TPSA) is 72.0 Å². The Labute approximate surface area is 123 Å². The fraction of sp³-hybridized carbons (Fsp3) is 0.200. The highest BCUT2D eigenvalue weighted by molar-refractivity contribution is 6.30. The summed E-state index contributed by atoms with van der Waals surface area (Å²) in [7, 11) is 0. The molecular weight excluding hydrogens is 274 g/mol. The number of nitrogen functional groups attached to an aromatic ring is 1. The van der Waals surface area contributed by atoms with Crippen LogP contribution in [0, 0.1) is 26.2 Å². The number of nitrogens with two attached hydrogens (primary N) is 1. The van der Waals surface area contributed by atoms with Crippen molar-refractivity contribution < 1.29 is 4.74 Å². The largest absolute Gasteiger partial charge is 0.456 e. The molecule has 2 rings (SSSR count). The predicted octanol–water partition coefficient (Wildman–Crippen LogP) is 3.74. The first-order valence-electron chi connectivity index (χ1n) is 6.15. The molecule has 5 heteroatoms. The van der Waals surface area contributed by atoms with Gasteiger partial charge in [-0.1, -0.05) is 11.6 Å². The van der Waals surface area contributed by atoms with Gasteiger partial charge in [0, 0.05) is 16.8 Å². The number of amidine groups is 1. The molecule has 0 aliphatic carbocycles. The molecular formula is C15H16ClN3O. The molecule has 0 aliphatic heterocycles. The first-order chi connectivity index (χ1) is 9.38. The van der Waals surface area contributed by atoms with Crippen LogP contribution in [0.2, 0.25) is 5.02 Å². The van der Waals surface area contributed by atoms with Gasteiger partial charge in [0.15, 0.2) is 0 Å². The van der Waals surface area contributed by atoms with E-state index in [-0.39, 0.29) is 5.84 Å². The Morgan fingerprint density at radius 3 is 2.50 bits per heavy atom. The van der Waals surface area contributed by atoms with E-state index in [2.05, 4.69) is 4.98 Å². The van der Waals surface area contributed by atoms with E-state index < -0.39 is 0 Å². The lowest BCUT2D eigenvalue weighted by Crippen LogP contribution is -2.15. The predicted molar refractivity (Wildman–Crippen MR) is 81.0 cm³/mol. The summed E-state index contributed by atoms with van der Waals surface area (Å²) >= 11 is 5.93. The molecule has 0 saturated heterocycles. The monoisotopic (exact) mass is 289 g/mol. The van der Waals surface area contributed by atoms with Crippen LogP contribution in [-0.2, 0) is 0 Å². The fourth-order valence-corrected chi connectivity index (χ4v) is 2.27. The Bertz CT molecular complexity index is 683. The van der Waals surface area contributed by atoms with Gasteiger partial charge in [0.25, 0.3) is 0 Å². The third-order valence-corrected chi connectivity index (χ3v) is 3.15. The van der Waals surface area contributed by atoms with Gasteiger partial charge >= 0.3 is 0 Å². The van der Waals surface area contributed by atoms with Crippen molar-refractivity contribution in [2.45, 2.75) is 20.8 Å². The molecule has 0 atom stereocenters. The van der Waals surface area contributed by atoms with E-state index >= 15 is 0 Å². The van der Waals surface area contributed by atoms with Crippen molar-refractivity contribution in [3.8, 4) is 11.5 Å². The number of rotatable bonds is 3. The van der Waals surface area contributed by atoms with Gasteiger partial charge in [0.2, 0.25) is 0 Å². The number of benzene rings is 1. The lowest BCUT2D eigenvalue weighted by Gasteiger charge is -2.14. The Hall–Kier alpha value is -2.07. The van der Waals surface area contributed by atoms with Gasteiger partial charge in [-0.05, 0) is 44.5 Å². The number of nitrogens with one attached hydrogen (secondary N) is 1. The number of aryl methyl sites for hydroxylation is 3. The molecule has 1 heterocycles. The quantitative estimate of drug-likeness (QED) is 0.668. The molecule has 0 amide bonds. The summed E-state index contributed by atoms with van der Waals surface area (Å²) in [5, 5.41) is 8.33. The molecule has 20 heavy (non-hydrogen) atoms. The maximum atomic E-state index is 7.68. The van der Waals surface area contributed by atoms with Crippen LogP contribution in [0.1, 0.15) is 22.5 Å². The molecule has 0 radical (unpaired) electrons. The first-order valence-corrected chi connectivity index (χ1v) is 6.53. The molecule has 0 bridgehead atoms. The van der Waals surface area contributed by atoms with Crippen molar-refractivity contribution in [1.29, 1.82) is 5.41 Å². The smallest absolute Gasteiger partial charge is 0.141 e. The van der Waals surface area contributed by atoms with E-state index in [0.717, 1.165) is 11.3 Å². The number of pyridine rings is 1. The fourth-order valence-electron chi connectivity index (χ4n) is 2.05. The molecule has 104 valence electrons. The lowest BCUT2D eigenvalue weighted by molar-refractivity contribution is 0.476. The van der Waals surface area contributed by atoms with Crippen molar-refractivity contribution in [2.75, 3.05) is 0 Å². The van der Waals surface area contributed by atoms with Gasteiger partial charge in [-0.15, -0.1) is 0 Å². The standard InChI is InChI=1S/C15H16ClN3O/c1-8-6-11(16)4-5-12(8)20-13-7-9(2)19-10(3)14(13)15(17)18/h4-7H,1-3H3,(H3,17,18). The molecule has 0 saturated carbocycles. The Morgan fingerprint density at radius 1 is 1.20 bits per heavy atom. The number of hydrogen-bond donors (Lipinski definition) is 2. The van der Waals surface area contributed by atoms with Crippen LogP contribution in [0.25, 0.3) is 0 Å². The Kier molecular flexibility index (Phi) is 3.95. The normalized spacial score (nSPS) is 10.4. The molecule has 4 nitrogen and oxygen atoms in total. The molecule has 0 aliphatic rings. The van der Waals surface area contributed by atoms with Crippen molar-refractivity contribution in [1.82, 2.24) is 4.98 Å². The minimum Gasteiger partial charge on any atom is -0.456 e. The molecule has 0 unspecified atom stereocenters. The SMILES string of the molecule is Cc1cc(Oc2ccc(Cl)cc2C)c(C(=N)N)c(C)n1. The van der Waals surface area contributed by atoms with Crippen LogP contribution in [0.3, 0.4) is 0 Å². The molecule has 0 spiro atoms. The van der Waals surface area contributed by atoms with Gasteiger partial charge < -0.3 is 10.5 Å². The van der Waals surface area contributed by atoms with Gasteiger partial charge in [-0.3, -0.25) is 10.4 Å². The van der Waals surface area contributed by atoms with Gasteiger partial charge in [0.1, 0.15) is 17.3 Å². The maximum absolute atomic E-state index is 7.68. The van der Waals surface area contributed by atoms with Crippen LogP contribution >= 0.6 is 11.6 Å². The Balaban J connectivity index is 2.50. The van der Waals surface area contributed by atoms with Crippen molar-refractivity contribution in [3.05, 3.63) is 51.8 Å². The van der Waals surface area contributed by atoms with E-state index in [1.54, 1.807) is 18.2 Å². The molecule has 0 fully saturated rings. The average molecular weight is 290 g/mol. The summed E-state index contributed by atoms with van der Waals surface area (Å²) in [6.07, 6.45) is 0. The zero-order chi connectivity index (χ0) is 14.9. The van der Waals surface area contributed by atoms with E-state index in [9.17, 15) is 0 Å². The van der Waals surface area contributed by atoms with Gasteiger partial charge in [0.05, 0.1) is 11.3 Å². The van der Waals surface area contributed by atoms with E-state index in [1.165, 1.54) is 0 Å². The highest BCUT2D eigenvalue weighted by atomic mass is 35.5. The molecule has 3 N–H and O–H groups in total. The first kappa shape index (κ1) is 14.3. The van der Waals surface area contributed by atoms with E-state index in [0.29, 0.717) is 27.8 Å². The third kappa shape index (κ3) is 2.91. The van der Waals surface area contributed by atoms with Crippen LogP contribution < -0.4 is 10.5 Å². The van der Waals surface area contributed by atoms with Crippen LogP contribution in [0.15, 0.2) is 24.3 Å². The molecule has 1 aromatic heterocycles. The van der Waals surface area contributed by atoms with Crippen LogP contribution in [0.4, 0.5) is 0 Å². The van der Waals surface area contributed by atoms with Gasteiger partial charge in [-0.2, -0.15) is 0 Å². The minimum atomic E-state index is -0.0587. The second-order valence-corrected chi connectivity index (χ2v) is 5.08. The number of ether oxygens (including phenoxy) is 1. The summed E-state index contributed by atoms with van der Waals surface area (Å²) in [5.74, 6) is 1.16.